The molecule has 0 heterocycles. The molecule has 0 nitrogen and oxygen atoms in total. The molecule has 4 aromatic carbocycles. The van der Waals surface area contributed by atoms with Crippen molar-refractivity contribution in [1.29, 1.82) is 0 Å². The van der Waals surface area contributed by atoms with Gasteiger partial charge >= 0.3 is 0 Å². The summed E-state index contributed by atoms with van der Waals surface area (Å²) in [4.78, 5) is 0. The molecule has 0 saturated heterocycles. The molecule has 0 bridgehead atoms. The number of fused-ring (bicyclic) bond motifs is 10. The van der Waals surface area contributed by atoms with Gasteiger partial charge in [-0.15, -0.1) is 0 Å². The van der Waals surface area contributed by atoms with E-state index in [1.165, 1.54) is 55.6 Å². The maximum Gasteiger partial charge on any atom is 0.0726 e. The van der Waals surface area contributed by atoms with Gasteiger partial charge in [0.15, 0.2) is 0 Å². The topological polar surface area (TPSA) is 0 Å². The highest BCUT2D eigenvalue weighted by atomic mass is 35.5. The molecular weight excluding hydrogens is 432 g/mol. The van der Waals surface area contributed by atoms with Crippen LogP contribution in [0.1, 0.15) is 74.9 Å². The Bertz CT molecular complexity index is 1410. The number of hydrogen-bond donors (Lipinski definition) is 0. The third-order valence-corrected chi connectivity index (χ3v) is 8.11. The molecule has 0 unspecified atom stereocenters. The van der Waals surface area contributed by atoms with Crippen LogP contribution >= 0.6 is 11.6 Å². The molecule has 4 aromatic rings. The maximum absolute atomic E-state index is 6.69. The van der Waals surface area contributed by atoms with E-state index in [2.05, 4.69) is 114 Å². The van der Waals surface area contributed by atoms with Gasteiger partial charge in [0.2, 0.25) is 0 Å². The fourth-order valence-corrected chi connectivity index (χ4v) is 6.26. The zero-order chi connectivity index (χ0) is 24.0. The summed E-state index contributed by atoms with van der Waals surface area (Å²) in [5.74, 6) is 0. The zero-order valence-electron chi connectivity index (χ0n) is 20.9. The Morgan fingerprint density at radius 1 is 0.500 bits per heavy atom. The Morgan fingerprint density at radius 3 is 1.47 bits per heavy atom. The first-order chi connectivity index (χ1) is 16.0. The van der Waals surface area contributed by atoms with Crippen LogP contribution in [0.4, 0.5) is 0 Å². The second kappa shape index (κ2) is 6.86. The largest absolute Gasteiger partial charge is 0.0843 e. The molecule has 1 spiro atoms. The van der Waals surface area contributed by atoms with Gasteiger partial charge in [-0.3, -0.25) is 0 Å². The fourth-order valence-electron chi connectivity index (χ4n) is 6.09. The van der Waals surface area contributed by atoms with E-state index in [4.69, 9.17) is 11.6 Å². The van der Waals surface area contributed by atoms with E-state index in [0.29, 0.717) is 0 Å². The molecule has 2 aliphatic rings. The van der Waals surface area contributed by atoms with Crippen molar-refractivity contribution in [3.8, 4) is 22.3 Å². The summed E-state index contributed by atoms with van der Waals surface area (Å²) < 4.78 is 0. The Balaban J connectivity index is 1.82. The summed E-state index contributed by atoms with van der Waals surface area (Å²) in [7, 11) is 0. The van der Waals surface area contributed by atoms with Crippen molar-refractivity contribution in [3.63, 3.8) is 0 Å². The number of benzene rings is 4. The van der Waals surface area contributed by atoms with E-state index < -0.39 is 0 Å². The van der Waals surface area contributed by atoms with Gasteiger partial charge in [0.05, 0.1) is 5.41 Å². The summed E-state index contributed by atoms with van der Waals surface area (Å²) in [6.07, 6.45) is 0. The summed E-state index contributed by atoms with van der Waals surface area (Å²) in [6.45, 7) is 13.8. The lowest BCUT2D eigenvalue weighted by Gasteiger charge is -2.32. The third-order valence-electron chi connectivity index (χ3n) is 7.88. The number of hydrogen-bond acceptors (Lipinski definition) is 0. The molecule has 0 aliphatic heterocycles. The monoisotopic (exact) mass is 462 g/mol. The Labute approximate surface area is 208 Å². The molecular formula is C33H31Cl. The average Bonchev–Trinajstić information content (AvgIpc) is 3.24. The SMILES string of the molecule is CC(C)(C)c1ccc2c(c1)C1(c3ccccc3-c3ccc(Cl)cc31)c1cc(C(C)(C)C)ccc1-2. The Kier molecular flexibility index (Phi) is 4.38. The Morgan fingerprint density at radius 2 is 0.941 bits per heavy atom. The van der Waals surface area contributed by atoms with Crippen molar-refractivity contribution >= 4 is 11.6 Å². The number of rotatable bonds is 0. The minimum absolute atomic E-state index is 0.0663. The lowest BCUT2D eigenvalue weighted by Crippen LogP contribution is -2.27. The minimum Gasteiger partial charge on any atom is -0.0843 e. The van der Waals surface area contributed by atoms with Crippen molar-refractivity contribution in [2.75, 3.05) is 0 Å². The van der Waals surface area contributed by atoms with E-state index in [-0.39, 0.29) is 16.2 Å². The lowest BCUT2D eigenvalue weighted by atomic mass is 9.69. The third kappa shape index (κ3) is 2.78. The first-order valence-electron chi connectivity index (χ1n) is 12.2. The molecule has 0 N–H and O–H groups in total. The van der Waals surface area contributed by atoms with Crippen molar-refractivity contribution in [2.24, 2.45) is 0 Å². The van der Waals surface area contributed by atoms with Crippen LogP contribution in [0.25, 0.3) is 22.3 Å². The quantitative estimate of drug-likeness (QED) is 0.211. The van der Waals surface area contributed by atoms with Gasteiger partial charge < -0.3 is 0 Å². The molecule has 0 radical (unpaired) electrons. The second-order valence-corrected chi connectivity index (χ2v) is 12.4. The molecule has 6 rings (SSSR count). The fraction of sp³-hybridized carbons (Fsp3) is 0.273. The first-order valence-corrected chi connectivity index (χ1v) is 12.6. The molecule has 0 aromatic heterocycles. The molecule has 1 heteroatoms. The maximum atomic E-state index is 6.69. The standard InChI is InChI=1S/C33H31Cl/c1-31(2,3)20-11-14-24-25-15-12-21(32(4,5)6)18-29(25)33(28(24)17-20)27-10-8-7-9-23(27)26-16-13-22(34)19-30(26)33/h7-19H,1-6H3. The van der Waals surface area contributed by atoms with Gasteiger partial charge in [-0.1, -0.05) is 120 Å². The van der Waals surface area contributed by atoms with E-state index in [1.54, 1.807) is 0 Å². The molecule has 2 aliphatic carbocycles. The summed E-state index contributed by atoms with van der Waals surface area (Å²) in [5.41, 5.74) is 13.2. The predicted molar refractivity (Wildman–Crippen MR) is 145 cm³/mol. The van der Waals surface area contributed by atoms with Crippen LogP contribution < -0.4 is 0 Å². The van der Waals surface area contributed by atoms with Crippen molar-refractivity contribution in [2.45, 2.75) is 57.8 Å². The van der Waals surface area contributed by atoms with E-state index >= 15 is 0 Å². The summed E-state index contributed by atoms with van der Waals surface area (Å²) in [6, 6.07) is 29.7. The van der Waals surface area contributed by atoms with Crippen LogP contribution in [0.5, 0.6) is 0 Å². The predicted octanol–water partition coefficient (Wildman–Crippen LogP) is 9.28. The van der Waals surface area contributed by atoms with Gasteiger partial charge in [-0.05, 0) is 78.6 Å². The van der Waals surface area contributed by atoms with E-state index in [1.807, 2.05) is 6.07 Å². The second-order valence-electron chi connectivity index (χ2n) is 12.0. The Hall–Kier alpha value is -2.83. The first kappa shape index (κ1) is 21.7. The molecule has 34 heavy (non-hydrogen) atoms. The van der Waals surface area contributed by atoms with E-state index in [9.17, 15) is 0 Å². The van der Waals surface area contributed by atoms with Crippen molar-refractivity contribution < 1.29 is 0 Å². The van der Waals surface area contributed by atoms with Gasteiger partial charge in [-0.25, -0.2) is 0 Å². The molecule has 170 valence electrons. The zero-order valence-corrected chi connectivity index (χ0v) is 21.6. The van der Waals surface area contributed by atoms with Crippen LogP contribution in [0.15, 0.2) is 78.9 Å². The van der Waals surface area contributed by atoms with Gasteiger partial charge in [0.1, 0.15) is 0 Å². The highest BCUT2D eigenvalue weighted by Crippen LogP contribution is 2.63. The van der Waals surface area contributed by atoms with Crippen LogP contribution in [0.2, 0.25) is 5.02 Å². The summed E-state index contributed by atoms with van der Waals surface area (Å²) >= 11 is 6.69. The van der Waals surface area contributed by atoms with Crippen LogP contribution in [0, 0.1) is 0 Å². The normalized spacial score (nSPS) is 15.1. The van der Waals surface area contributed by atoms with Crippen molar-refractivity contribution in [1.82, 2.24) is 0 Å². The molecule has 0 amide bonds. The smallest absolute Gasteiger partial charge is 0.0726 e. The lowest BCUT2D eigenvalue weighted by molar-refractivity contribution is 0.586. The van der Waals surface area contributed by atoms with Crippen LogP contribution in [-0.2, 0) is 16.2 Å². The summed E-state index contributed by atoms with van der Waals surface area (Å²) in [5, 5.41) is 0.792. The van der Waals surface area contributed by atoms with Gasteiger partial charge in [0.25, 0.3) is 0 Å². The minimum atomic E-state index is -0.357. The van der Waals surface area contributed by atoms with Crippen LogP contribution in [-0.4, -0.2) is 0 Å². The van der Waals surface area contributed by atoms with Crippen LogP contribution in [0.3, 0.4) is 0 Å². The molecule has 0 atom stereocenters. The van der Waals surface area contributed by atoms with Crippen molar-refractivity contribution in [3.05, 3.63) is 117 Å². The number of halogens is 1. The van der Waals surface area contributed by atoms with Gasteiger partial charge in [0, 0.05) is 5.02 Å². The van der Waals surface area contributed by atoms with Gasteiger partial charge in [-0.2, -0.15) is 0 Å². The average molecular weight is 463 g/mol. The van der Waals surface area contributed by atoms with E-state index in [0.717, 1.165) is 5.02 Å². The highest BCUT2D eigenvalue weighted by Gasteiger charge is 2.52. The highest BCUT2D eigenvalue weighted by molar-refractivity contribution is 6.30. The molecule has 0 fully saturated rings. The molecule has 0 saturated carbocycles.